The smallest absolute Gasteiger partial charge is 0.166 e. The van der Waals surface area contributed by atoms with Gasteiger partial charge >= 0.3 is 0 Å². The molecule has 2 aromatic rings. The van der Waals surface area contributed by atoms with Crippen LogP contribution in [0.5, 0.6) is 11.5 Å². The van der Waals surface area contributed by atoms with Crippen molar-refractivity contribution in [1.29, 1.82) is 0 Å². The van der Waals surface area contributed by atoms with Gasteiger partial charge in [-0.3, -0.25) is 0 Å². The quantitative estimate of drug-likeness (QED) is 0.728. The van der Waals surface area contributed by atoms with Crippen LogP contribution < -0.4 is 9.47 Å². The van der Waals surface area contributed by atoms with E-state index in [4.69, 9.17) is 21.1 Å². The van der Waals surface area contributed by atoms with Gasteiger partial charge in [0.2, 0.25) is 0 Å². The topological polar surface area (TPSA) is 18.5 Å². The van der Waals surface area contributed by atoms with E-state index < -0.39 is 0 Å². The SMILES string of the molecule is CCOc1cccc(CCl)c1OCc1ccc(F)cc1. The second-order valence-corrected chi connectivity index (χ2v) is 4.49. The van der Waals surface area contributed by atoms with Crippen LogP contribution in [-0.2, 0) is 12.5 Å². The number of ether oxygens (including phenoxy) is 2. The third-order valence-corrected chi connectivity index (χ3v) is 3.09. The number of hydrogen-bond donors (Lipinski definition) is 0. The van der Waals surface area contributed by atoms with Gasteiger partial charge in [0, 0.05) is 5.56 Å². The Kier molecular flexibility index (Phi) is 5.24. The highest BCUT2D eigenvalue weighted by atomic mass is 35.5. The molecule has 0 saturated heterocycles. The third kappa shape index (κ3) is 3.64. The zero-order valence-electron chi connectivity index (χ0n) is 11.2. The predicted octanol–water partition coefficient (Wildman–Crippen LogP) is 4.54. The molecule has 0 N–H and O–H groups in total. The Hall–Kier alpha value is -1.74. The number of halogens is 2. The summed E-state index contributed by atoms with van der Waals surface area (Å²) in [7, 11) is 0. The molecule has 0 aliphatic rings. The van der Waals surface area contributed by atoms with Gasteiger partial charge in [-0.2, -0.15) is 0 Å². The molecule has 0 radical (unpaired) electrons. The van der Waals surface area contributed by atoms with Gasteiger partial charge in [-0.05, 0) is 30.7 Å². The summed E-state index contributed by atoms with van der Waals surface area (Å²) < 4.78 is 24.2. The van der Waals surface area contributed by atoms with E-state index in [2.05, 4.69) is 0 Å². The summed E-state index contributed by atoms with van der Waals surface area (Å²) in [5, 5.41) is 0. The Bertz CT molecular complexity index is 555. The fourth-order valence-electron chi connectivity index (χ4n) is 1.84. The predicted molar refractivity (Wildman–Crippen MR) is 77.9 cm³/mol. The van der Waals surface area contributed by atoms with Gasteiger partial charge in [-0.1, -0.05) is 24.3 Å². The average molecular weight is 295 g/mol. The molecule has 4 heteroatoms. The molecule has 0 fully saturated rings. The molecule has 0 aliphatic heterocycles. The summed E-state index contributed by atoms with van der Waals surface area (Å²) in [6.07, 6.45) is 0. The maximum atomic E-state index is 12.9. The van der Waals surface area contributed by atoms with Crippen molar-refractivity contribution >= 4 is 11.6 Å². The molecule has 0 heterocycles. The van der Waals surface area contributed by atoms with Crippen LogP contribution in [0.3, 0.4) is 0 Å². The van der Waals surface area contributed by atoms with Crippen molar-refractivity contribution < 1.29 is 13.9 Å². The first-order chi connectivity index (χ1) is 9.74. The Morgan fingerprint density at radius 3 is 2.45 bits per heavy atom. The van der Waals surface area contributed by atoms with E-state index >= 15 is 0 Å². The summed E-state index contributed by atoms with van der Waals surface area (Å²) in [6.45, 7) is 2.81. The van der Waals surface area contributed by atoms with Crippen LogP contribution in [0.15, 0.2) is 42.5 Å². The summed E-state index contributed by atoms with van der Waals surface area (Å²) in [5.41, 5.74) is 1.76. The van der Waals surface area contributed by atoms with Gasteiger partial charge < -0.3 is 9.47 Å². The zero-order chi connectivity index (χ0) is 14.4. The Morgan fingerprint density at radius 2 is 1.80 bits per heavy atom. The second-order valence-electron chi connectivity index (χ2n) is 4.23. The molecule has 0 amide bonds. The van der Waals surface area contributed by atoms with Crippen LogP contribution in [0.25, 0.3) is 0 Å². The van der Waals surface area contributed by atoms with Gasteiger partial charge in [0.15, 0.2) is 11.5 Å². The van der Waals surface area contributed by atoms with Crippen LogP contribution in [-0.4, -0.2) is 6.61 Å². The van der Waals surface area contributed by atoms with Crippen molar-refractivity contribution in [2.24, 2.45) is 0 Å². The normalized spacial score (nSPS) is 10.3. The summed E-state index contributed by atoms with van der Waals surface area (Å²) in [5.74, 6) is 1.41. The molecule has 2 rings (SSSR count). The highest BCUT2D eigenvalue weighted by Crippen LogP contribution is 2.33. The van der Waals surface area contributed by atoms with Crippen molar-refractivity contribution in [3.8, 4) is 11.5 Å². The van der Waals surface area contributed by atoms with E-state index in [0.29, 0.717) is 30.6 Å². The van der Waals surface area contributed by atoms with Crippen molar-refractivity contribution in [2.75, 3.05) is 6.61 Å². The summed E-state index contributed by atoms with van der Waals surface area (Å²) in [6, 6.07) is 11.8. The molecule has 0 aliphatic carbocycles. The summed E-state index contributed by atoms with van der Waals surface area (Å²) >= 11 is 5.92. The zero-order valence-corrected chi connectivity index (χ0v) is 12.0. The molecule has 0 saturated carbocycles. The first-order valence-electron chi connectivity index (χ1n) is 6.42. The third-order valence-electron chi connectivity index (χ3n) is 2.80. The van der Waals surface area contributed by atoms with E-state index in [0.717, 1.165) is 11.1 Å². The number of rotatable bonds is 6. The minimum absolute atomic E-state index is 0.259. The number of alkyl halides is 1. The first kappa shape index (κ1) is 14.7. The van der Waals surface area contributed by atoms with E-state index in [9.17, 15) is 4.39 Å². The van der Waals surface area contributed by atoms with Gasteiger partial charge in [0.1, 0.15) is 12.4 Å². The van der Waals surface area contributed by atoms with Crippen LogP contribution in [0.1, 0.15) is 18.1 Å². The fourth-order valence-corrected chi connectivity index (χ4v) is 2.05. The maximum absolute atomic E-state index is 12.9. The molecule has 0 aromatic heterocycles. The molecule has 106 valence electrons. The van der Waals surface area contributed by atoms with Gasteiger partial charge in [0.05, 0.1) is 12.5 Å². The molecule has 20 heavy (non-hydrogen) atoms. The monoisotopic (exact) mass is 294 g/mol. The van der Waals surface area contributed by atoms with E-state index in [1.54, 1.807) is 12.1 Å². The minimum Gasteiger partial charge on any atom is -0.490 e. The maximum Gasteiger partial charge on any atom is 0.166 e. The molecule has 0 atom stereocenters. The number of para-hydroxylation sites is 1. The van der Waals surface area contributed by atoms with Crippen molar-refractivity contribution in [1.82, 2.24) is 0 Å². The molecular formula is C16H16ClFO2. The number of benzene rings is 2. The number of hydrogen-bond acceptors (Lipinski definition) is 2. The van der Waals surface area contributed by atoms with Crippen LogP contribution >= 0.6 is 11.6 Å². The lowest BCUT2D eigenvalue weighted by Crippen LogP contribution is -2.02. The van der Waals surface area contributed by atoms with Gasteiger partial charge in [-0.15, -0.1) is 11.6 Å². The molecule has 2 aromatic carbocycles. The standard InChI is InChI=1S/C16H16ClFO2/c1-2-19-15-5-3-4-13(10-17)16(15)20-11-12-6-8-14(18)9-7-12/h3-9H,2,10-11H2,1H3. The summed E-state index contributed by atoms with van der Waals surface area (Å²) in [4.78, 5) is 0. The Morgan fingerprint density at radius 1 is 1.05 bits per heavy atom. The lowest BCUT2D eigenvalue weighted by atomic mass is 10.2. The highest BCUT2D eigenvalue weighted by Gasteiger charge is 2.10. The lowest BCUT2D eigenvalue weighted by molar-refractivity contribution is 0.267. The van der Waals surface area contributed by atoms with Crippen molar-refractivity contribution in [2.45, 2.75) is 19.4 Å². The highest BCUT2D eigenvalue weighted by molar-refractivity contribution is 6.17. The van der Waals surface area contributed by atoms with Crippen molar-refractivity contribution in [3.05, 3.63) is 59.4 Å². The molecule has 0 unspecified atom stereocenters. The Balaban J connectivity index is 2.16. The van der Waals surface area contributed by atoms with E-state index in [-0.39, 0.29) is 5.82 Å². The minimum atomic E-state index is -0.259. The van der Waals surface area contributed by atoms with Crippen LogP contribution in [0.2, 0.25) is 0 Å². The largest absolute Gasteiger partial charge is 0.490 e. The van der Waals surface area contributed by atoms with Crippen molar-refractivity contribution in [3.63, 3.8) is 0 Å². The lowest BCUT2D eigenvalue weighted by Gasteiger charge is -2.15. The first-order valence-corrected chi connectivity index (χ1v) is 6.96. The Labute approximate surface area is 123 Å². The fraction of sp³-hybridized carbons (Fsp3) is 0.250. The van der Waals surface area contributed by atoms with E-state index in [1.165, 1.54) is 12.1 Å². The van der Waals surface area contributed by atoms with Gasteiger partial charge in [-0.25, -0.2) is 4.39 Å². The second kappa shape index (κ2) is 7.15. The molecule has 2 nitrogen and oxygen atoms in total. The average Bonchev–Trinajstić information content (AvgIpc) is 2.47. The van der Waals surface area contributed by atoms with E-state index in [1.807, 2.05) is 25.1 Å². The van der Waals surface area contributed by atoms with Gasteiger partial charge in [0.25, 0.3) is 0 Å². The van der Waals surface area contributed by atoms with Crippen LogP contribution in [0, 0.1) is 5.82 Å². The molecular weight excluding hydrogens is 279 g/mol. The molecule has 0 spiro atoms. The van der Waals surface area contributed by atoms with Crippen LogP contribution in [0.4, 0.5) is 4.39 Å². The molecule has 0 bridgehead atoms.